The zero-order valence-electron chi connectivity index (χ0n) is 36.9. The molecule has 2 atom stereocenters. The molecule has 11 nitrogen and oxygen atoms in total. The molecule has 0 fully saturated rings. The van der Waals surface area contributed by atoms with Crippen LogP contribution in [0, 0.1) is 0 Å². The van der Waals surface area contributed by atoms with E-state index >= 15 is 0 Å². The Morgan fingerprint density at radius 2 is 1.17 bits per heavy atom. The van der Waals surface area contributed by atoms with E-state index in [0.717, 1.165) is 49.4 Å². The highest BCUT2D eigenvalue weighted by atomic mass is 31.2. The molecule has 1 aromatic carbocycles. The Balaban J connectivity index is 1.40. The Bertz CT molecular complexity index is 1630. The number of carbonyl (C=O) groups excluding carboxylic acids is 2. The summed E-state index contributed by atoms with van der Waals surface area (Å²) >= 11 is 0. The van der Waals surface area contributed by atoms with Gasteiger partial charge in [-0.2, -0.15) is 0 Å². The smallest absolute Gasteiger partial charge is 0.330 e. The van der Waals surface area contributed by atoms with Gasteiger partial charge in [0.15, 0.2) is 11.9 Å². The molecule has 2 aromatic heterocycles. The topological polar surface area (TPSA) is 156 Å². The van der Waals surface area contributed by atoms with Crippen molar-refractivity contribution in [1.29, 1.82) is 0 Å². The monoisotopic (exact) mass is 843 g/mol. The maximum Gasteiger partial charge on any atom is 0.330 e. The molecule has 334 valence electrons. The lowest BCUT2D eigenvalue weighted by Crippen LogP contribution is -2.29. The number of imidazole rings is 1. The lowest BCUT2D eigenvalue weighted by Gasteiger charge is -2.20. The summed E-state index contributed by atoms with van der Waals surface area (Å²) in [5.41, 5.74) is 8.11. The number of nitrogen functional groups attached to an aromatic ring is 1. The molecule has 0 saturated carbocycles. The van der Waals surface area contributed by atoms with Crippen molar-refractivity contribution in [2.45, 2.75) is 206 Å². The molecular weight excluding hydrogens is 764 g/mol. The molecule has 12 heteroatoms. The van der Waals surface area contributed by atoms with E-state index in [0.29, 0.717) is 17.5 Å². The van der Waals surface area contributed by atoms with Gasteiger partial charge in [-0.1, -0.05) is 186 Å². The highest BCUT2D eigenvalue weighted by Crippen LogP contribution is 2.42. The van der Waals surface area contributed by atoms with E-state index in [-0.39, 0.29) is 50.5 Å². The van der Waals surface area contributed by atoms with Gasteiger partial charge >= 0.3 is 19.5 Å². The number of unbranched alkanes of at least 4 members (excludes halogenated alkanes) is 24. The van der Waals surface area contributed by atoms with Gasteiger partial charge in [-0.3, -0.25) is 14.2 Å². The van der Waals surface area contributed by atoms with Gasteiger partial charge in [0.05, 0.1) is 30.1 Å². The van der Waals surface area contributed by atoms with Gasteiger partial charge in [-0.05, 0) is 18.9 Å². The number of aryl methyl sites for hydroxylation is 1. The molecule has 0 saturated heterocycles. The Morgan fingerprint density at radius 3 is 1.69 bits per heavy atom. The summed E-state index contributed by atoms with van der Waals surface area (Å²) in [4.78, 5) is 45.2. The van der Waals surface area contributed by atoms with E-state index in [9.17, 15) is 19.0 Å². The van der Waals surface area contributed by atoms with Gasteiger partial charge in [0.25, 0.3) is 0 Å². The summed E-state index contributed by atoms with van der Waals surface area (Å²) in [7, 11) is -4.15. The van der Waals surface area contributed by atoms with E-state index in [1.165, 1.54) is 122 Å². The van der Waals surface area contributed by atoms with Gasteiger partial charge in [0.1, 0.15) is 12.1 Å². The number of pyridine rings is 1. The number of nitrogens with two attached hydrogens (primary N) is 1. The predicted octanol–water partition coefficient (Wildman–Crippen LogP) is 12.8. The molecule has 0 radical (unpaired) electrons. The van der Waals surface area contributed by atoms with Crippen molar-refractivity contribution in [2.75, 3.05) is 25.1 Å². The van der Waals surface area contributed by atoms with Crippen LogP contribution in [0.15, 0.2) is 30.6 Å². The number of para-hydroxylation sites is 1. The lowest BCUT2D eigenvalue weighted by molar-refractivity contribution is -0.161. The van der Waals surface area contributed by atoms with Crippen molar-refractivity contribution in [3.05, 3.63) is 30.6 Å². The summed E-state index contributed by atoms with van der Waals surface area (Å²) < 4.78 is 31.8. The van der Waals surface area contributed by atoms with Crippen LogP contribution in [-0.2, 0) is 34.7 Å². The van der Waals surface area contributed by atoms with Crippen LogP contribution in [0.2, 0.25) is 0 Å². The zero-order chi connectivity index (χ0) is 42.4. The van der Waals surface area contributed by atoms with Crippen LogP contribution in [-0.4, -0.2) is 56.8 Å². The minimum Gasteiger partial charge on any atom is -0.462 e. The largest absolute Gasteiger partial charge is 0.462 e. The first kappa shape index (κ1) is 50.3. The summed E-state index contributed by atoms with van der Waals surface area (Å²) in [6.07, 6.45) is 32.4. The molecule has 0 aliphatic heterocycles. The molecule has 3 N–H and O–H groups in total. The van der Waals surface area contributed by atoms with Crippen molar-refractivity contribution in [3.8, 4) is 0 Å². The van der Waals surface area contributed by atoms with Gasteiger partial charge in [0, 0.05) is 24.8 Å². The summed E-state index contributed by atoms with van der Waals surface area (Å²) in [6.45, 7) is 4.04. The first-order chi connectivity index (χ1) is 28.7. The fourth-order valence-corrected chi connectivity index (χ4v) is 8.66. The molecule has 1 unspecified atom stereocenters. The Kier molecular flexibility index (Phi) is 26.4. The standard InChI is InChI=1S/C47H79N4O7P/c1-3-5-7-9-11-13-15-17-19-21-23-25-27-33-43(52)56-37-40(58-44(53)34-28-26-24-22-20-18-16-14-12-10-8-6-4-2)38-57-59(54,55)36-35-51-39-49-45-46(51)41-31-29-30-32-42(41)50-47(45)48/h29-32,39-40H,3-28,33-38H2,1-2H3,(H2,48,50)(H,54,55)/t40-/m1/s1. The number of anilines is 1. The Morgan fingerprint density at radius 1 is 0.695 bits per heavy atom. The molecule has 0 bridgehead atoms. The van der Waals surface area contributed by atoms with Crippen molar-refractivity contribution < 1.29 is 33.0 Å². The minimum atomic E-state index is -4.15. The van der Waals surface area contributed by atoms with Gasteiger partial charge in [0.2, 0.25) is 0 Å². The highest BCUT2D eigenvalue weighted by Gasteiger charge is 2.26. The molecule has 0 spiro atoms. The normalized spacial score (nSPS) is 13.2. The first-order valence-electron chi connectivity index (χ1n) is 23.5. The highest BCUT2D eigenvalue weighted by molar-refractivity contribution is 7.52. The van der Waals surface area contributed by atoms with Crippen molar-refractivity contribution >= 4 is 47.3 Å². The van der Waals surface area contributed by atoms with Crippen LogP contribution in [0.25, 0.3) is 21.9 Å². The number of esters is 2. The van der Waals surface area contributed by atoms with Crippen LogP contribution >= 0.6 is 7.60 Å². The van der Waals surface area contributed by atoms with Crippen LogP contribution in [0.5, 0.6) is 0 Å². The zero-order valence-corrected chi connectivity index (χ0v) is 37.7. The van der Waals surface area contributed by atoms with E-state index in [1.807, 2.05) is 24.3 Å². The first-order valence-corrected chi connectivity index (χ1v) is 25.3. The van der Waals surface area contributed by atoms with Crippen LogP contribution in [0.1, 0.15) is 194 Å². The number of ether oxygens (including phenoxy) is 2. The fourth-order valence-electron chi connectivity index (χ4n) is 7.67. The quantitative estimate of drug-likeness (QED) is 0.0325. The molecule has 0 amide bonds. The van der Waals surface area contributed by atoms with Gasteiger partial charge < -0.3 is 29.2 Å². The number of fused-ring (bicyclic) bond motifs is 3. The number of hydrogen-bond acceptors (Lipinski definition) is 9. The molecule has 0 aliphatic carbocycles. The third-order valence-electron chi connectivity index (χ3n) is 11.3. The van der Waals surface area contributed by atoms with E-state index in [1.54, 1.807) is 10.9 Å². The maximum atomic E-state index is 13.3. The van der Waals surface area contributed by atoms with Crippen molar-refractivity contribution in [3.63, 3.8) is 0 Å². The van der Waals surface area contributed by atoms with Gasteiger partial charge in [-0.25, -0.2) is 9.97 Å². The Labute approximate surface area is 355 Å². The Hall–Kier alpha value is -3.01. The fraction of sp³-hybridized carbons (Fsp3) is 0.745. The number of carbonyl (C=O) groups is 2. The predicted molar refractivity (Wildman–Crippen MR) is 242 cm³/mol. The number of aromatic nitrogens is 3. The average molecular weight is 843 g/mol. The molecule has 0 aliphatic rings. The molecule has 3 aromatic rings. The van der Waals surface area contributed by atoms with Crippen LogP contribution in [0.4, 0.5) is 5.82 Å². The summed E-state index contributed by atoms with van der Waals surface area (Å²) in [6, 6.07) is 7.53. The van der Waals surface area contributed by atoms with Crippen LogP contribution in [0.3, 0.4) is 0 Å². The number of benzene rings is 1. The van der Waals surface area contributed by atoms with Crippen molar-refractivity contribution in [2.24, 2.45) is 0 Å². The molecule has 59 heavy (non-hydrogen) atoms. The SMILES string of the molecule is CCCCCCCCCCCCCCCC(=O)OC[C@H](COP(=O)(O)CCn1cnc2c(N)nc3ccccc3c21)OC(=O)CCCCCCCCCCCCCCC. The molecular formula is C47H79N4O7P. The maximum absolute atomic E-state index is 13.3. The van der Waals surface area contributed by atoms with E-state index in [4.69, 9.17) is 19.7 Å². The average Bonchev–Trinajstić information content (AvgIpc) is 3.67. The van der Waals surface area contributed by atoms with E-state index < -0.39 is 19.7 Å². The summed E-state index contributed by atoms with van der Waals surface area (Å²) in [5.74, 6) is -0.510. The molecule has 3 rings (SSSR count). The lowest BCUT2D eigenvalue weighted by atomic mass is 10.0. The number of hydrogen-bond donors (Lipinski definition) is 2. The molecule has 2 heterocycles. The van der Waals surface area contributed by atoms with Crippen molar-refractivity contribution in [1.82, 2.24) is 14.5 Å². The number of rotatable bonds is 37. The van der Waals surface area contributed by atoms with E-state index in [2.05, 4.69) is 23.8 Å². The number of nitrogens with zero attached hydrogens (tertiary/aromatic N) is 3. The minimum absolute atomic E-state index is 0.134. The third kappa shape index (κ3) is 21.9. The summed E-state index contributed by atoms with van der Waals surface area (Å²) in [5, 5.41) is 0.832. The second kappa shape index (κ2) is 30.9. The van der Waals surface area contributed by atoms with Gasteiger partial charge in [-0.15, -0.1) is 0 Å². The van der Waals surface area contributed by atoms with Crippen LogP contribution < -0.4 is 5.73 Å². The second-order valence-electron chi connectivity index (χ2n) is 16.6. The third-order valence-corrected chi connectivity index (χ3v) is 12.6. The second-order valence-corrected chi connectivity index (χ2v) is 18.6.